The highest BCUT2D eigenvalue weighted by molar-refractivity contribution is 5.97. The second kappa shape index (κ2) is 9.92. The lowest BCUT2D eigenvalue weighted by molar-refractivity contribution is -0.118. The average Bonchev–Trinajstić information content (AvgIpc) is 3.22. The first kappa shape index (κ1) is 25.4. The molecule has 1 aromatic heterocycles. The summed E-state index contributed by atoms with van der Waals surface area (Å²) in [5.74, 6) is 1.20. The number of hydrogen-bond acceptors (Lipinski definition) is 7. The zero-order valence-corrected chi connectivity index (χ0v) is 20.7. The van der Waals surface area contributed by atoms with Crippen LogP contribution >= 0.6 is 0 Å². The lowest BCUT2D eigenvalue weighted by Gasteiger charge is -2.30. The van der Waals surface area contributed by atoms with Crippen LogP contribution in [0.25, 0.3) is 0 Å². The van der Waals surface area contributed by atoms with Crippen molar-refractivity contribution >= 4 is 17.4 Å². The Bertz CT molecular complexity index is 1170. The molecular formula is C24H35N5O5. The van der Waals surface area contributed by atoms with Crippen molar-refractivity contribution in [2.24, 2.45) is 11.8 Å². The van der Waals surface area contributed by atoms with Crippen LogP contribution in [0.4, 0.5) is 11.5 Å². The number of fused-ring (bicyclic) bond motifs is 1. The summed E-state index contributed by atoms with van der Waals surface area (Å²) in [6, 6.07) is 5.64. The van der Waals surface area contributed by atoms with E-state index in [2.05, 4.69) is 10.3 Å². The normalized spacial score (nSPS) is 13.1. The van der Waals surface area contributed by atoms with Crippen molar-refractivity contribution < 1.29 is 14.3 Å². The number of carbonyl (C=O) groups is 1. The molecule has 1 aliphatic heterocycles. The van der Waals surface area contributed by atoms with Crippen molar-refractivity contribution in [1.29, 1.82) is 0 Å². The molecule has 0 radical (unpaired) electrons. The highest BCUT2D eigenvalue weighted by Gasteiger charge is 2.28. The number of rotatable bonds is 9. The van der Waals surface area contributed by atoms with Crippen LogP contribution in [0.15, 0.2) is 27.8 Å². The van der Waals surface area contributed by atoms with Crippen molar-refractivity contribution in [1.82, 2.24) is 14.9 Å². The largest absolute Gasteiger partial charge is 0.454 e. The van der Waals surface area contributed by atoms with E-state index in [1.54, 1.807) is 0 Å². The van der Waals surface area contributed by atoms with Crippen LogP contribution in [0, 0.1) is 11.8 Å². The second-order valence-electron chi connectivity index (χ2n) is 9.94. The highest BCUT2D eigenvalue weighted by Crippen LogP contribution is 2.35. The van der Waals surface area contributed by atoms with Crippen molar-refractivity contribution in [2.75, 3.05) is 30.5 Å². The van der Waals surface area contributed by atoms with Gasteiger partial charge in [-0.25, -0.2) is 4.79 Å². The summed E-state index contributed by atoms with van der Waals surface area (Å²) in [7, 11) is 0. The number of aromatic amines is 1. The van der Waals surface area contributed by atoms with Gasteiger partial charge in [0.1, 0.15) is 5.82 Å². The molecule has 1 aromatic carbocycles. The number of carbonyl (C=O) groups excluding carboxylic acids is 1. The first-order chi connectivity index (χ1) is 15.9. The number of H-pyrrole nitrogens is 1. The molecule has 10 nitrogen and oxygen atoms in total. The second-order valence-corrected chi connectivity index (χ2v) is 9.94. The molecule has 0 saturated carbocycles. The van der Waals surface area contributed by atoms with Gasteiger partial charge in [-0.3, -0.25) is 24.5 Å². The van der Waals surface area contributed by atoms with E-state index >= 15 is 0 Å². The summed E-state index contributed by atoms with van der Waals surface area (Å²) in [5, 5.41) is 3.28. The Kier molecular flexibility index (Phi) is 7.40. The SMILES string of the molecule is CC(C)CN(C(=O)CNC(C)(C)c1ccc2c(c1)OCO2)c1c(N)n(CC(C)C)c(=O)[nH]c1=O. The number of nitrogens with zero attached hydrogens (tertiary/aromatic N) is 2. The van der Waals surface area contributed by atoms with E-state index in [1.807, 2.05) is 59.7 Å². The first-order valence-corrected chi connectivity index (χ1v) is 11.5. The van der Waals surface area contributed by atoms with Crippen molar-refractivity contribution in [3.63, 3.8) is 0 Å². The fourth-order valence-electron chi connectivity index (χ4n) is 3.85. The molecule has 0 spiro atoms. The van der Waals surface area contributed by atoms with Crippen LogP contribution in [-0.2, 0) is 16.9 Å². The van der Waals surface area contributed by atoms with E-state index in [-0.39, 0.29) is 49.1 Å². The highest BCUT2D eigenvalue weighted by atomic mass is 16.7. The van der Waals surface area contributed by atoms with Gasteiger partial charge in [-0.2, -0.15) is 0 Å². The number of amides is 1. The Morgan fingerprint density at radius 2 is 1.85 bits per heavy atom. The molecule has 0 saturated heterocycles. The quantitative estimate of drug-likeness (QED) is 0.508. The van der Waals surface area contributed by atoms with Crippen LogP contribution in [0.3, 0.4) is 0 Å². The van der Waals surface area contributed by atoms with Crippen molar-refractivity contribution in [2.45, 2.75) is 53.6 Å². The van der Waals surface area contributed by atoms with Gasteiger partial charge in [0.2, 0.25) is 12.7 Å². The third-order valence-electron chi connectivity index (χ3n) is 5.66. The fraction of sp³-hybridized carbons (Fsp3) is 0.542. The van der Waals surface area contributed by atoms with Gasteiger partial charge in [-0.05, 0) is 43.4 Å². The average molecular weight is 474 g/mol. The van der Waals surface area contributed by atoms with E-state index in [4.69, 9.17) is 15.2 Å². The third kappa shape index (κ3) is 5.44. The predicted octanol–water partition coefficient (Wildman–Crippen LogP) is 2.02. The molecule has 1 amide bonds. The van der Waals surface area contributed by atoms with E-state index in [9.17, 15) is 14.4 Å². The number of nitrogens with one attached hydrogen (secondary N) is 2. The maximum absolute atomic E-state index is 13.4. The van der Waals surface area contributed by atoms with Crippen molar-refractivity contribution in [3.8, 4) is 11.5 Å². The van der Waals surface area contributed by atoms with Gasteiger partial charge < -0.3 is 20.1 Å². The molecule has 10 heteroatoms. The minimum Gasteiger partial charge on any atom is -0.454 e. The molecule has 3 rings (SSSR count). The molecule has 34 heavy (non-hydrogen) atoms. The third-order valence-corrected chi connectivity index (χ3v) is 5.66. The van der Waals surface area contributed by atoms with Crippen LogP contribution < -0.4 is 36.7 Å². The number of anilines is 2. The van der Waals surface area contributed by atoms with Gasteiger partial charge in [0.15, 0.2) is 17.2 Å². The van der Waals surface area contributed by atoms with Crippen LogP contribution in [0.2, 0.25) is 0 Å². The van der Waals surface area contributed by atoms with Gasteiger partial charge in [0, 0.05) is 18.6 Å². The zero-order chi connectivity index (χ0) is 25.2. The van der Waals surface area contributed by atoms with E-state index in [1.165, 1.54) is 9.47 Å². The van der Waals surface area contributed by atoms with E-state index in [0.29, 0.717) is 18.0 Å². The molecule has 186 valence electrons. The molecule has 1 aliphatic rings. The fourth-order valence-corrected chi connectivity index (χ4v) is 3.85. The number of nitrogens with two attached hydrogens (primary N) is 1. The summed E-state index contributed by atoms with van der Waals surface area (Å²) in [5.41, 5.74) is 5.36. The predicted molar refractivity (Wildman–Crippen MR) is 131 cm³/mol. The number of aromatic nitrogens is 2. The standard InChI is InChI=1S/C24H35N5O5/c1-14(2)11-28(20-21(25)29(12-15(3)4)23(32)27-22(20)31)19(30)10-26-24(5,6)16-7-8-17-18(9-16)34-13-33-17/h7-9,14-15,26H,10-13,25H2,1-6H3,(H,27,31,32). The summed E-state index contributed by atoms with van der Waals surface area (Å²) in [6.07, 6.45) is 0. The summed E-state index contributed by atoms with van der Waals surface area (Å²) < 4.78 is 12.2. The Morgan fingerprint density at radius 3 is 2.50 bits per heavy atom. The van der Waals surface area contributed by atoms with Crippen LogP contribution in [0.1, 0.15) is 47.1 Å². The lowest BCUT2D eigenvalue weighted by Crippen LogP contribution is -2.48. The van der Waals surface area contributed by atoms with Crippen LogP contribution in [-0.4, -0.2) is 35.3 Å². The molecule has 0 bridgehead atoms. The molecule has 0 atom stereocenters. The number of nitrogen functional groups attached to an aromatic ring is 1. The minimum absolute atomic E-state index is 0.00151. The molecule has 2 heterocycles. The number of benzene rings is 1. The minimum atomic E-state index is -0.675. The molecule has 0 fully saturated rings. The Labute approximate surface area is 199 Å². The maximum atomic E-state index is 13.4. The molecule has 2 aromatic rings. The van der Waals surface area contributed by atoms with Gasteiger partial charge in [-0.15, -0.1) is 0 Å². The number of ether oxygens (including phenoxy) is 2. The first-order valence-electron chi connectivity index (χ1n) is 11.5. The molecular weight excluding hydrogens is 438 g/mol. The summed E-state index contributed by atoms with van der Waals surface area (Å²) in [4.78, 5) is 42.2. The molecule has 0 aliphatic carbocycles. The topological polar surface area (TPSA) is 132 Å². The van der Waals surface area contributed by atoms with Gasteiger partial charge in [-0.1, -0.05) is 33.8 Å². The van der Waals surface area contributed by atoms with Crippen molar-refractivity contribution in [3.05, 3.63) is 44.6 Å². The summed E-state index contributed by atoms with van der Waals surface area (Å²) in [6.45, 7) is 12.4. The lowest BCUT2D eigenvalue weighted by atomic mass is 9.94. The van der Waals surface area contributed by atoms with Gasteiger partial charge in [0.05, 0.1) is 6.54 Å². The molecule has 4 N–H and O–H groups in total. The van der Waals surface area contributed by atoms with Gasteiger partial charge >= 0.3 is 5.69 Å². The zero-order valence-electron chi connectivity index (χ0n) is 20.7. The number of hydrogen-bond donors (Lipinski definition) is 3. The van der Waals surface area contributed by atoms with E-state index < -0.39 is 16.8 Å². The summed E-state index contributed by atoms with van der Waals surface area (Å²) >= 11 is 0. The Morgan fingerprint density at radius 1 is 1.18 bits per heavy atom. The smallest absolute Gasteiger partial charge is 0.330 e. The monoisotopic (exact) mass is 473 g/mol. The maximum Gasteiger partial charge on any atom is 0.330 e. The van der Waals surface area contributed by atoms with E-state index in [0.717, 1.165) is 5.56 Å². The molecule has 0 unspecified atom stereocenters. The van der Waals surface area contributed by atoms with Crippen LogP contribution in [0.5, 0.6) is 11.5 Å². The Hall–Kier alpha value is -3.27. The Balaban J connectivity index is 1.88. The van der Waals surface area contributed by atoms with Gasteiger partial charge in [0.25, 0.3) is 5.56 Å².